The number of hydrogen-bond donors (Lipinski definition) is 0. The van der Waals surface area contributed by atoms with Crippen molar-refractivity contribution in [1.82, 2.24) is 9.97 Å². The minimum Gasteiger partial charge on any atom is -0.710 e. The molecule has 0 bridgehead atoms. The van der Waals surface area contributed by atoms with Crippen LogP contribution >= 0.6 is 0 Å². The Morgan fingerprint density at radius 1 is 1.36 bits per heavy atom. The van der Waals surface area contributed by atoms with Gasteiger partial charge in [0, 0.05) is 18.0 Å². The van der Waals surface area contributed by atoms with E-state index in [1.807, 2.05) is 6.92 Å². The van der Waals surface area contributed by atoms with Crippen LogP contribution in [-0.2, 0) is 0 Å². The van der Waals surface area contributed by atoms with Crippen molar-refractivity contribution in [1.29, 1.82) is 0 Å². The molecule has 70 valence electrons. The van der Waals surface area contributed by atoms with E-state index in [2.05, 4.69) is 9.97 Å². The van der Waals surface area contributed by atoms with Crippen LogP contribution in [0.25, 0.3) is 11.4 Å². The van der Waals surface area contributed by atoms with Gasteiger partial charge in [-0.25, -0.2) is 4.73 Å². The Morgan fingerprint density at radius 2 is 2.21 bits per heavy atom. The number of aromatic nitrogens is 3. The third-order valence-electron chi connectivity index (χ3n) is 1.84. The molecule has 0 aliphatic carbocycles. The van der Waals surface area contributed by atoms with Crippen LogP contribution in [0.5, 0.6) is 0 Å². The predicted octanol–water partition coefficient (Wildman–Crippen LogP) is 1.09. The van der Waals surface area contributed by atoms with Gasteiger partial charge in [-0.15, -0.1) is 0 Å². The van der Waals surface area contributed by atoms with Gasteiger partial charge in [0.1, 0.15) is 12.4 Å². The van der Waals surface area contributed by atoms with E-state index in [0.717, 1.165) is 15.9 Å². The van der Waals surface area contributed by atoms with Gasteiger partial charge in [0.25, 0.3) is 0 Å². The van der Waals surface area contributed by atoms with Crippen molar-refractivity contribution in [2.45, 2.75) is 6.92 Å². The maximum absolute atomic E-state index is 11.5. The zero-order valence-electron chi connectivity index (χ0n) is 7.71. The monoisotopic (exact) mass is 187 g/mol. The predicted molar refractivity (Wildman–Crippen MR) is 51.2 cm³/mol. The molecule has 0 amide bonds. The van der Waals surface area contributed by atoms with Crippen LogP contribution in [0.4, 0.5) is 0 Å². The van der Waals surface area contributed by atoms with E-state index in [9.17, 15) is 5.21 Å². The molecule has 0 saturated heterocycles. The second-order valence-electron chi connectivity index (χ2n) is 3.02. The van der Waals surface area contributed by atoms with Gasteiger partial charge in [0.15, 0.2) is 0 Å². The summed E-state index contributed by atoms with van der Waals surface area (Å²) in [5.74, 6) is 0.378. The average molecular weight is 187 g/mol. The Balaban J connectivity index is 2.53. The summed E-state index contributed by atoms with van der Waals surface area (Å²) in [6.07, 6.45) is 6.44. The summed E-state index contributed by atoms with van der Waals surface area (Å²) in [7, 11) is 0. The topological polar surface area (TPSA) is 52.7 Å². The molecule has 0 radical (unpaired) electrons. The van der Waals surface area contributed by atoms with Crippen molar-refractivity contribution >= 4 is 0 Å². The first-order valence-electron chi connectivity index (χ1n) is 4.23. The Bertz CT molecular complexity index is 442. The van der Waals surface area contributed by atoms with E-state index in [0.29, 0.717) is 5.82 Å². The summed E-state index contributed by atoms with van der Waals surface area (Å²) in [5, 5.41) is 11.5. The molecule has 4 heteroatoms. The Hall–Kier alpha value is -1.97. The lowest BCUT2D eigenvalue weighted by atomic mass is 10.2. The molecular weight excluding hydrogens is 178 g/mol. The van der Waals surface area contributed by atoms with Gasteiger partial charge in [0.2, 0.25) is 0 Å². The van der Waals surface area contributed by atoms with Crippen molar-refractivity contribution in [3.8, 4) is 11.4 Å². The van der Waals surface area contributed by atoms with Gasteiger partial charge < -0.3 is 5.21 Å². The third kappa shape index (κ3) is 1.54. The van der Waals surface area contributed by atoms with Crippen LogP contribution in [0.3, 0.4) is 0 Å². The van der Waals surface area contributed by atoms with E-state index in [-0.39, 0.29) is 0 Å². The van der Waals surface area contributed by atoms with Crippen LogP contribution in [0.1, 0.15) is 5.56 Å². The van der Waals surface area contributed by atoms with Gasteiger partial charge in [-0.2, -0.15) is 0 Å². The number of rotatable bonds is 1. The van der Waals surface area contributed by atoms with Crippen LogP contribution in [-0.4, -0.2) is 9.97 Å². The zero-order valence-corrected chi connectivity index (χ0v) is 7.71. The Labute approximate surface area is 81.5 Å². The second-order valence-corrected chi connectivity index (χ2v) is 3.02. The lowest BCUT2D eigenvalue weighted by Crippen LogP contribution is -2.30. The Kier molecular flexibility index (Phi) is 2.10. The maximum atomic E-state index is 11.5. The third-order valence-corrected chi connectivity index (χ3v) is 1.84. The van der Waals surface area contributed by atoms with Crippen molar-refractivity contribution in [2.24, 2.45) is 0 Å². The number of pyridine rings is 1. The lowest BCUT2D eigenvalue weighted by molar-refractivity contribution is -0.597. The molecule has 0 saturated carbocycles. The van der Waals surface area contributed by atoms with Crippen LogP contribution < -0.4 is 4.73 Å². The first-order valence-corrected chi connectivity index (χ1v) is 4.23. The van der Waals surface area contributed by atoms with E-state index in [4.69, 9.17) is 0 Å². The fourth-order valence-electron chi connectivity index (χ4n) is 1.20. The summed E-state index contributed by atoms with van der Waals surface area (Å²) < 4.78 is 0.756. The molecule has 0 atom stereocenters. The molecule has 0 fully saturated rings. The van der Waals surface area contributed by atoms with Gasteiger partial charge >= 0.3 is 5.82 Å². The van der Waals surface area contributed by atoms with Crippen LogP contribution in [0.2, 0.25) is 0 Å². The van der Waals surface area contributed by atoms with Gasteiger partial charge in [0.05, 0.1) is 5.56 Å². The largest absolute Gasteiger partial charge is 0.710 e. The van der Waals surface area contributed by atoms with E-state index >= 15 is 0 Å². The standard InChI is InChI=1S/C10H9N3O/c1-8-5-12-10(13(14)7-8)9-3-2-4-11-6-9/h2-7H,1H3. The summed E-state index contributed by atoms with van der Waals surface area (Å²) in [5.41, 5.74) is 1.56. The minimum atomic E-state index is 0.378. The van der Waals surface area contributed by atoms with Crippen molar-refractivity contribution < 1.29 is 4.73 Å². The highest BCUT2D eigenvalue weighted by Crippen LogP contribution is 2.09. The number of hydrogen-bond acceptors (Lipinski definition) is 3. The highest BCUT2D eigenvalue weighted by molar-refractivity contribution is 5.49. The average Bonchev–Trinajstić information content (AvgIpc) is 2.19. The zero-order chi connectivity index (χ0) is 9.97. The fraction of sp³-hybridized carbons (Fsp3) is 0.100. The van der Waals surface area contributed by atoms with E-state index in [1.165, 1.54) is 6.20 Å². The van der Waals surface area contributed by atoms with Crippen molar-refractivity contribution in [3.05, 3.63) is 47.7 Å². The normalized spacial score (nSPS) is 10.1. The van der Waals surface area contributed by atoms with Gasteiger partial charge in [-0.1, -0.05) is 0 Å². The summed E-state index contributed by atoms with van der Waals surface area (Å²) in [6.45, 7) is 1.83. The summed E-state index contributed by atoms with van der Waals surface area (Å²) in [4.78, 5) is 7.99. The molecule has 0 spiro atoms. The smallest absolute Gasteiger partial charge is 0.334 e. The molecule has 0 aliphatic rings. The molecule has 4 nitrogen and oxygen atoms in total. The lowest BCUT2D eigenvalue weighted by Gasteiger charge is -2.04. The highest BCUT2D eigenvalue weighted by atomic mass is 16.5. The van der Waals surface area contributed by atoms with Crippen LogP contribution in [0, 0.1) is 12.1 Å². The molecule has 14 heavy (non-hydrogen) atoms. The van der Waals surface area contributed by atoms with Gasteiger partial charge in [-0.3, -0.25) is 4.98 Å². The molecule has 0 unspecified atom stereocenters. The van der Waals surface area contributed by atoms with Crippen molar-refractivity contribution in [3.63, 3.8) is 0 Å². The molecule has 2 heterocycles. The highest BCUT2D eigenvalue weighted by Gasteiger charge is 2.09. The fourth-order valence-corrected chi connectivity index (χ4v) is 1.20. The maximum Gasteiger partial charge on any atom is 0.334 e. The van der Waals surface area contributed by atoms with Gasteiger partial charge in [-0.05, 0) is 24.0 Å². The minimum absolute atomic E-state index is 0.378. The molecule has 2 aromatic rings. The first kappa shape index (κ1) is 8.62. The summed E-state index contributed by atoms with van der Waals surface area (Å²) >= 11 is 0. The quantitative estimate of drug-likeness (QED) is 0.496. The molecule has 2 rings (SSSR count). The van der Waals surface area contributed by atoms with Crippen LogP contribution in [0.15, 0.2) is 36.9 Å². The van der Waals surface area contributed by atoms with E-state index < -0.39 is 0 Å². The number of aryl methyl sites for hydroxylation is 1. The Morgan fingerprint density at radius 3 is 2.86 bits per heavy atom. The first-order chi connectivity index (χ1) is 6.77. The SMILES string of the molecule is Cc1cnc(-c2cccnc2)[n+]([O-])c1. The second kappa shape index (κ2) is 3.41. The van der Waals surface area contributed by atoms with E-state index in [1.54, 1.807) is 30.7 Å². The number of nitrogens with zero attached hydrogens (tertiary/aromatic N) is 3. The molecule has 2 aromatic heterocycles. The molecule has 0 N–H and O–H groups in total. The summed E-state index contributed by atoms with van der Waals surface area (Å²) in [6, 6.07) is 3.58. The molecular formula is C10H9N3O. The molecule has 0 aliphatic heterocycles. The van der Waals surface area contributed by atoms with Crippen molar-refractivity contribution in [2.75, 3.05) is 0 Å². The molecule has 0 aromatic carbocycles.